The molecule has 1 fully saturated rings. The Balaban J connectivity index is 2.05. The van der Waals surface area contributed by atoms with Crippen LogP contribution < -0.4 is 10.6 Å². The molecule has 0 unspecified atom stereocenters. The first kappa shape index (κ1) is 15.4. The van der Waals surface area contributed by atoms with Gasteiger partial charge < -0.3 is 10.6 Å². The van der Waals surface area contributed by atoms with Crippen molar-refractivity contribution in [2.75, 3.05) is 17.2 Å². The standard InChI is InChI=1S/C17H17F2N3O/c18-12-6-4-5-11(17(12)19)14-9-15(13(20)10-21-14)22-8-3-1-2-7-16(22)23/h4-6,9-10H,1-3,7-8,20H2. The van der Waals surface area contributed by atoms with Gasteiger partial charge in [0.2, 0.25) is 5.91 Å². The quantitative estimate of drug-likeness (QED) is 0.922. The molecule has 120 valence electrons. The maximum atomic E-state index is 14.0. The Morgan fingerprint density at radius 1 is 1.17 bits per heavy atom. The number of nitrogens with zero attached hydrogens (tertiary/aromatic N) is 2. The lowest BCUT2D eigenvalue weighted by Crippen LogP contribution is -2.30. The third-order valence-electron chi connectivity index (χ3n) is 4.00. The highest BCUT2D eigenvalue weighted by Gasteiger charge is 2.21. The van der Waals surface area contributed by atoms with Crippen LogP contribution in [0.25, 0.3) is 11.3 Å². The van der Waals surface area contributed by atoms with Crippen LogP contribution in [-0.4, -0.2) is 17.4 Å². The number of hydrogen-bond donors (Lipinski definition) is 1. The minimum absolute atomic E-state index is 0.00827. The second-order valence-corrected chi connectivity index (χ2v) is 5.59. The average molecular weight is 317 g/mol. The highest BCUT2D eigenvalue weighted by atomic mass is 19.2. The first-order valence-corrected chi connectivity index (χ1v) is 7.58. The van der Waals surface area contributed by atoms with Crippen molar-refractivity contribution in [3.8, 4) is 11.3 Å². The maximum absolute atomic E-state index is 14.0. The van der Waals surface area contributed by atoms with Gasteiger partial charge in [-0.3, -0.25) is 9.78 Å². The van der Waals surface area contributed by atoms with Crippen molar-refractivity contribution in [3.05, 3.63) is 42.1 Å². The number of benzene rings is 1. The Hall–Kier alpha value is -2.50. The van der Waals surface area contributed by atoms with Crippen molar-refractivity contribution in [3.63, 3.8) is 0 Å². The van der Waals surface area contributed by atoms with Crippen LogP contribution in [0.2, 0.25) is 0 Å². The van der Waals surface area contributed by atoms with E-state index in [1.807, 2.05) is 0 Å². The molecule has 0 aliphatic carbocycles. The number of rotatable bonds is 2. The van der Waals surface area contributed by atoms with Crippen LogP contribution in [0.15, 0.2) is 30.5 Å². The van der Waals surface area contributed by atoms with Crippen LogP contribution in [0.5, 0.6) is 0 Å². The summed E-state index contributed by atoms with van der Waals surface area (Å²) in [4.78, 5) is 18.0. The molecule has 4 nitrogen and oxygen atoms in total. The number of aromatic nitrogens is 1. The molecule has 0 radical (unpaired) electrons. The third-order valence-corrected chi connectivity index (χ3v) is 4.00. The van der Waals surface area contributed by atoms with Gasteiger partial charge in [-0.1, -0.05) is 12.5 Å². The summed E-state index contributed by atoms with van der Waals surface area (Å²) in [6.45, 7) is 0.568. The molecule has 0 atom stereocenters. The summed E-state index contributed by atoms with van der Waals surface area (Å²) in [7, 11) is 0. The molecular formula is C17H17F2N3O. The fourth-order valence-electron chi connectivity index (χ4n) is 2.78. The Kier molecular flexibility index (Phi) is 4.23. The number of anilines is 2. The van der Waals surface area contributed by atoms with E-state index in [0.717, 1.165) is 25.3 Å². The first-order chi connectivity index (χ1) is 11.1. The number of pyridine rings is 1. The zero-order valence-electron chi connectivity index (χ0n) is 12.6. The van der Waals surface area contributed by atoms with Crippen molar-refractivity contribution < 1.29 is 13.6 Å². The summed E-state index contributed by atoms with van der Waals surface area (Å²) in [6.07, 6.45) is 4.57. The van der Waals surface area contributed by atoms with Crippen molar-refractivity contribution in [1.82, 2.24) is 4.98 Å². The number of halogens is 2. The second-order valence-electron chi connectivity index (χ2n) is 5.59. The van der Waals surface area contributed by atoms with Gasteiger partial charge in [0.15, 0.2) is 11.6 Å². The van der Waals surface area contributed by atoms with Crippen molar-refractivity contribution >= 4 is 17.3 Å². The van der Waals surface area contributed by atoms with Gasteiger partial charge in [-0.25, -0.2) is 8.78 Å². The number of amides is 1. The molecule has 0 saturated carbocycles. The number of nitrogens with two attached hydrogens (primary N) is 1. The summed E-state index contributed by atoms with van der Waals surface area (Å²) < 4.78 is 27.4. The predicted octanol–water partition coefficient (Wildman–Crippen LogP) is 3.52. The molecule has 1 aromatic carbocycles. The topological polar surface area (TPSA) is 59.2 Å². The lowest BCUT2D eigenvalue weighted by molar-refractivity contribution is -0.118. The lowest BCUT2D eigenvalue weighted by Gasteiger charge is -2.22. The molecule has 2 heterocycles. The van der Waals surface area contributed by atoms with Crippen LogP contribution in [0.3, 0.4) is 0 Å². The molecule has 6 heteroatoms. The van der Waals surface area contributed by atoms with E-state index < -0.39 is 11.6 Å². The molecule has 1 aliphatic heterocycles. The molecule has 23 heavy (non-hydrogen) atoms. The van der Waals surface area contributed by atoms with Gasteiger partial charge in [0.1, 0.15) is 0 Å². The van der Waals surface area contributed by atoms with E-state index in [4.69, 9.17) is 5.73 Å². The molecule has 1 aliphatic rings. The van der Waals surface area contributed by atoms with Crippen molar-refractivity contribution in [2.24, 2.45) is 0 Å². The van der Waals surface area contributed by atoms with Crippen molar-refractivity contribution in [2.45, 2.75) is 25.7 Å². The zero-order valence-corrected chi connectivity index (χ0v) is 12.6. The van der Waals surface area contributed by atoms with Gasteiger partial charge in [-0.05, 0) is 31.0 Å². The SMILES string of the molecule is Nc1cnc(-c2cccc(F)c2F)cc1N1CCCCCC1=O. The number of hydrogen-bond acceptors (Lipinski definition) is 3. The van der Waals surface area contributed by atoms with Crippen LogP contribution in [0, 0.1) is 11.6 Å². The molecule has 3 rings (SSSR count). The highest BCUT2D eigenvalue weighted by molar-refractivity contribution is 5.97. The minimum Gasteiger partial charge on any atom is -0.396 e. The molecule has 0 bridgehead atoms. The van der Waals surface area contributed by atoms with E-state index in [1.54, 1.807) is 11.0 Å². The molecular weight excluding hydrogens is 300 g/mol. The van der Waals surface area contributed by atoms with E-state index in [9.17, 15) is 13.6 Å². The van der Waals surface area contributed by atoms with Crippen LogP contribution in [-0.2, 0) is 4.79 Å². The van der Waals surface area contributed by atoms with Gasteiger partial charge in [0.05, 0.1) is 23.3 Å². The lowest BCUT2D eigenvalue weighted by atomic mass is 10.1. The Bertz CT molecular complexity index is 749. The summed E-state index contributed by atoms with van der Waals surface area (Å²) in [6, 6.07) is 5.47. The smallest absolute Gasteiger partial charge is 0.227 e. The van der Waals surface area contributed by atoms with E-state index in [1.165, 1.54) is 18.3 Å². The second kappa shape index (κ2) is 6.32. The Labute approximate surface area is 132 Å². The molecule has 1 aromatic heterocycles. The highest BCUT2D eigenvalue weighted by Crippen LogP contribution is 2.31. The predicted molar refractivity (Wildman–Crippen MR) is 84.8 cm³/mol. The Morgan fingerprint density at radius 2 is 2.00 bits per heavy atom. The summed E-state index contributed by atoms with van der Waals surface area (Å²) >= 11 is 0. The molecule has 1 saturated heterocycles. The van der Waals surface area contributed by atoms with E-state index in [-0.39, 0.29) is 17.2 Å². The summed E-state index contributed by atoms with van der Waals surface area (Å²) in [5.74, 6) is -1.91. The van der Waals surface area contributed by atoms with Gasteiger partial charge >= 0.3 is 0 Å². The number of nitrogen functional groups attached to an aromatic ring is 1. The molecule has 2 aromatic rings. The van der Waals surface area contributed by atoms with Crippen LogP contribution in [0.4, 0.5) is 20.2 Å². The van der Waals surface area contributed by atoms with Crippen LogP contribution >= 0.6 is 0 Å². The summed E-state index contributed by atoms with van der Waals surface area (Å²) in [5.41, 5.74) is 7.11. The van der Waals surface area contributed by atoms with Crippen LogP contribution in [0.1, 0.15) is 25.7 Å². The van der Waals surface area contributed by atoms with E-state index in [2.05, 4.69) is 4.98 Å². The average Bonchev–Trinajstić information content (AvgIpc) is 2.75. The van der Waals surface area contributed by atoms with Gasteiger partial charge in [-0.15, -0.1) is 0 Å². The van der Waals surface area contributed by atoms with Gasteiger partial charge in [0, 0.05) is 18.5 Å². The molecule has 1 amide bonds. The molecule has 2 N–H and O–H groups in total. The Morgan fingerprint density at radius 3 is 2.83 bits per heavy atom. The monoisotopic (exact) mass is 317 g/mol. The minimum atomic E-state index is -0.960. The van der Waals surface area contributed by atoms with E-state index in [0.29, 0.717) is 24.3 Å². The van der Waals surface area contributed by atoms with Gasteiger partial charge in [0.25, 0.3) is 0 Å². The third kappa shape index (κ3) is 3.02. The fourth-order valence-corrected chi connectivity index (χ4v) is 2.78. The van der Waals surface area contributed by atoms with Crippen molar-refractivity contribution in [1.29, 1.82) is 0 Å². The first-order valence-electron chi connectivity index (χ1n) is 7.58. The van der Waals surface area contributed by atoms with Gasteiger partial charge in [-0.2, -0.15) is 0 Å². The van der Waals surface area contributed by atoms with E-state index >= 15 is 0 Å². The summed E-state index contributed by atoms with van der Waals surface area (Å²) in [5, 5.41) is 0. The number of carbonyl (C=O) groups is 1. The fraction of sp³-hybridized carbons (Fsp3) is 0.294. The largest absolute Gasteiger partial charge is 0.396 e. The normalized spacial score (nSPS) is 15.6. The molecule has 0 spiro atoms. The maximum Gasteiger partial charge on any atom is 0.227 e. The number of carbonyl (C=O) groups excluding carboxylic acids is 1. The zero-order chi connectivity index (χ0) is 16.4.